The summed E-state index contributed by atoms with van der Waals surface area (Å²) in [6.07, 6.45) is -0.171. The normalized spacial score (nSPS) is 8.00. The van der Waals surface area contributed by atoms with E-state index in [2.05, 4.69) is 6.58 Å². The van der Waals surface area contributed by atoms with Crippen molar-refractivity contribution < 1.29 is 72.6 Å². The summed E-state index contributed by atoms with van der Waals surface area (Å²) in [6, 6.07) is 0. The van der Waals surface area contributed by atoms with E-state index >= 15 is 0 Å². The van der Waals surface area contributed by atoms with E-state index in [9.17, 15) is 9.59 Å². The van der Waals surface area contributed by atoms with Crippen molar-refractivity contribution in [2.75, 3.05) is 0 Å². The molecule has 0 aromatic rings. The Morgan fingerprint density at radius 3 is 2.00 bits per heavy atom. The van der Waals surface area contributed by atoms with Crippen LogP contribution >= 0.6 is 0 Å². The third-order valence-electron chi connectivity index (χ3n) is 0.943. The average molecular weight is 184 g/mol. The average Bonchev–Trinajstić information content (AvgIpc) is 1.82. The Kier molecular flexibility index (Phi) is 8.82. The molecule has 0 aromatic heterocycles. The molecule has 2 N–H and O–H groups in total. The fourth-order valence-electron chi connectivity index (χ4n) is 0.365. The minimum atomic E-state index is -1.14. The van der Waals surface area contributed by atoms with Gasteiger partial charge in [0, 0.05) is 12.0 Å². The number of hydrogen-bond acceptors (Lipinski definition) is 2. The van der Waals surface area contributed by atoms with E-state index in [1.807, 2.05) is 0 Å². The van der Waals surface area contributed by atoms with Crippen molar-refractivity contribution in [1.29, 1.82) is 0 Å². The maximum atomic E-state index is 10.0. The molecule has 0 aliphatic heterocycles. The topological polar surface area (TPSA) is 74.6 Å². The molecule has 0 heterocycles. The minimum absolute atomic E-state index is 0. The first-order valence-electron chi connectivity index (χ1n) is 2.67. The molecule has 0 unspecified atom stereocenters. The van der Waals surface area contributed by atoms with Gasteiger partial charge in [0.2, 0.25) is 0 Å². The van der Waals surface area contributed by atoms with E-state index in [1.165, 1.54) is 0 Å². The van der Waals surface area contributed by atoms with Gasteiger partial charge in [-0.05, 0) is 6.42 Å². The number of hydrogen-bond donors (Lipinski definition) is 2. The first-order valence-corrected chi connectivity index (χ1v) is 2.67. The molecule has 0 amide bonds. The van der Waals surface area contributed by atoms with Crippen molar-refractivity contribution in [3.63, 3.8) is 0 Å². The summed E-state index contributed by atoms with van der Waals surface area (Å²) in [5, 5.41) is 16.3. The van der Waals surface area contributed by atoms with Crippen molar-refractivity contribution in [3.05, 3.63) is 12.2 Å². The summed E-state index contributed by atoms with van der Waals surface area (Å²) >= 11 is 0. The molecule has 0 spiro atoms. The molecule has 0 saturated heterocycles. The van der Waals surface area contributed by atoms with E-state index < -0.39 is 11.9 Å². The fourth-order valence-corrected chi connectivity index (χ4v) is 0.365. The first kappa shape index (κ1) is 13.9. The Balaban J connectivity index is -0.000000405. The molecule has 0 bridgehead atoms. The summed E-state index contributed by atoms with van der Waals surface area (Å²) in [6.45, 7) is 3.16. The Morgan fingerprint density at radius 2 is 1.73 bits per heavy atom. The van der Waals surface area contributed by atoms with E-state index in [4.69, 9.17) is 10.2 Å². The Morgan fingerprint density at radius 1 is 1.27 bits per heavy atom. The zero-order chi connectivity index (χ0) is 8.15. The largest absolute Gasteiger partial charge is 1.00 e. The third kappa shape index (κ3) is 8.22. The van der Waals surface area contributed by atoms with Gasteiger partial charge in [-0.3, -0.25) is 4.79 Å². The molecule has 0 atom stereocenters. The molecule has 4 nitrogen and oxygen atoms in total. The van der Waals surface area contributed by atoms with Crippen LogP contribution in [-0.2, 0) is 9.59 Å². The van der Waals surface area contributed by atoms with Gasteiger partial charge in [0.1, 0.15) is 0 Å². The van der Waals surface area contributed by atoms with Crippen molar-refractivity contribution in [3.8, 4) is 0 Å². The van der Waals surface area contributed by atoms with E-state index in [-0.39, 0.29) is 71.2 Å². The number of carboxylic acid groups (broad SMARTS) is 2. The van der Waals surface area contributed by atoms with Gasteiger partial charge in [-0.2, -0.15) is 0 Å². The van der Waals surface area contributed by atoms with Crippen LogP contribution in [0.2, 0.25) is 0 Å². The van der Waals surface area contributed by atoms with Crippen molar-refractivity contribution in [2.45, 2.75) is 12.8 Å². The van der Waals surface area contributed by atoms with Crippen molar-refractivity contribution >= 4 is 11.9 Å². The van der Waals surface area contributed by atoms with Crippen LogP contribution < -0.4 is 51.4 Å². The van der Waals surface area contributed by atoms with Gasteiger partial charge in [-0.25, -0.2) is 4.79 Å². The second-order valence-electron chi connectivity index (χ2n) is 1.80. The number of aliphatic carboxylic acids is 2. The van der Waals surface area contributed by atoms with Crippen LogP contribution in [-0.4, -0.2) is 22.2 Å². The molecule has 0 rings (SSSR count). The summed E-state index contributed by atoms with van der Waals surface area (Å²) in [4.78, 5) is 19.9. The minimum Gasteiger partial charge on any atom is -1.00 e. The maximum absolute atomic E-state index is 10.0. The summed E-state index contributed by atoms with van der Waals surface area (Å²) < 4.78 is 0. The second-order valence-corrected chi connectivity index (χ2v) is 1.80. The van der Waals surface area contributed by atoms with Crippen molar-refractivity contribution in [1.82, 2.24) is 0 Å². The zero-order valence-electron chi connectivity index (χ0n) is 7.33. The predicted octanol–water partition coefficient (Wildman–Crippen LogP) is -2.39. The van der Waals surface area contributed by atoms with E-state index in [0.717, 1.165) is 0 Å². The van der Waals surface area contributed by atoms with Gasteiger partial charge in [0.25, 0.3) is 0 Å². The van der Waals surface area contributed by atoms with E-state index in [0.29, 0.717) is 0 Å². The van der Waals surface area contributed by atoms with Crippen LogP contribution in [0.15, 0.2) is 12.2 Å². The monoisotopic (exact) mass is 184 g/mol. The molecule has 0 aliphatic carbocycles. The maximum Gasteiger partial charge on any atom is 1.00 e. The van der Waals surface area contributed by atoms with Gasteiger partial charge in [0.15, 0.2) is 0 Å². The molecule has 11 heavy (non-hydrogen) atoms. The molecule has 5 heteroatoms. The molecule has 0 saturated carbocycles. The summed E-state index contributed by atoms with van der Waals surface area (Å²) in [5.41, 5.74) is -0.0672. The van der Waals surface area contributed by atoms with Crippen LogP contribution in [0.3, 0.4) is 0 Å². The van der Waals surface area contributed by atoms with Gasteiger partial charge in [-0.1, -0.05) is 6.58 Å². The molecule has 0 fully saturated rings. The standard InChI is InChI=1S/C6H8O4.K.H/c1-4(6(9)10)2-3-5(7)8;;/h1-3H2,(H,7,8)(H,9,10);;/q;+1;-1. The molecular weight excluding hydrogens is 175 g/mol. The molecular formula is C6H9KO4. The number of rotatable bonds is 4. The van der Waals surface area contributed by atoms with Crippen LogP contribution in [0.4, 0.5) is 0 Å². The summed E-state index contributed by atoms with van der Waals surface area (Å²) in [7, 11) is 0. The zero-order valence-corrected chi connectivity index (χ0v) is 9.46. The predicted molar refractivity (Wildman–Crippen MR) is 34.8 cm³/mol. The summed E-state index contributed by atoms with van der Waals surface area (Å²) in [5.74, 6) is -2.15. The second kappa shape index (κ2) is 6.99. The Labute approximate surface area is 108 Å². The van der Waals surface area contributed by atoms with Gasteiger partial charge < -0.3 is 11.6 Å². The first-order chi connectivity index (χ1) is 4.54. The number of carbonyl (C=O) groups is 2. The van der Waals surface area contributed by atoms with Crippen LogP contribution in [0.1, 0.15) is 14.3 Å². The molecule has 0 aromatic carbocycles. The van der Waals surface area contributed by atoms with Crippen LogP contribution in [0, 0.1) is 0 Å². The van der Waals surface area contributed by atoms with Crippen molar-refractivity contribution in [2.24, 2.45) is 0 Å². The number of carboxylic acids is 2. The van der Waals surface area contributed by atoms with Crippen LogP contribution in [0.25, 0.3) is 0 Å². The molecule has 0 aliphatic rings. The van der Waals surface area contributed by atoms with E-state index in [1.54, 1.807) is 0 Å². The Bertz CT molecular complexity index is 180. The van der Waals surface area contributed by atoms with Gasteiger partial charge >= 0.3 is 63.3 Å². The van der Waals surface area contributed by atoms with Gasteiger partial charge in [0.05, 0.1) is 0 Å². The fraction of sp³-hybridized carbons (Fsp3) is 0.333. The quantitative estimate of drug-likeness (QED) is 0.377. The third-order valence-corrected chi connectivity index (χ3v) is 0.943. The van der Waals surface area contributed by atoms with Gasteiger partial charge in [-0.15, -0.1) is 0 Å². The SMILES string of the molecule is C=C(CCC(=O)O)C(=O)O.[H-].[K+]. The Hall–Kier alpha value is 0.316. The molecule has 0 radical (unpaired) electrons. The van der Waals surface area contributed by atoms with Crippen LogP contribution in [0.5, 0.6) is 0 Å². The molecule has 58 valence electrons. The smallest absolute Gasteiger partial charge is 1.00 e.